The Morgan fingerprint density at radius 1 is 0.840 bits per heavy atom. The Morgan fingerprint density at radius 3 is 2.20 bits per heavy atom. The highest BCUT2D eigenvalue weighted by Gasteiger charge is 2.15. The average Bonchev–Trinajstić information content (AvgIpc) is 2.87. The van der Waals surface area contributed by atoms with E-state index in [2.05, 4.69) is 6.07 Å². The van der Waals surface area contributed by atoms with E-state index < -0.39 is 5.97 Å². The van der Waals surface area contributed by atoms with E-state index in [-0.39, 0.29) is 12.2 Å². The number of benzene rings is 3. The molecule has 0 aliphatic rings. The van der Waals surface area contributed by atoms with Gasteiger partial charge in [-0.3, -0.25) is 13.9 Å². The smallest absolute Gasteiger partial charge is 0.329 e. The molecule has 0 saturated carbocycles. The van der Waals surface area contributed by atoms with Gasteiger partial charge >= 0.3 is 11.7 Å². The van der Waals surface area contributed by atoms with E-state index in [1.165, 1.54) is 4.57 Å². The molecule has 5 heteroatoms. The number of carbonyl (C=O) groups is 1. The summed E-state index contributed by atoms with van der Waals surface area (Å²) < 4.78 is 2.93. The molecular weight excluding hydrogens is 316 g/mol. The molecule has 3 aromatic carbocycles. The van der Waals surface area contributed by atoms with Gasteiger partial charge in [0.25, 0.3) is 0 Å². The van der Waals surface area contributed by atoms with E-state index >= 15 is 0 Å². The van der Waals surface area contributed by atoms with E-state index in [4.69, 9.17) is 5.11 Å². The quantitative estimate of drug-likeness (QED) is 0.624. The van der Waals surface area contributed by atoms with Crippen LogP contribution in [-0.4, -0.2) is 20.2 Å². The highest BCUT2D eigenvalue weighted by molar-refractivity contribution is 5.83. The maximum Gasteiger partial charge on any atom is 0.329 e. The Kier molecular flexibility index (Phi) is 3.61. The minimum atomic E-state index is -1.03. The summed E-state index contributed by atoms with van der Waals surface area (Å²) in [6.45, 7) is 0.0564. The number of aromatic nitrogens is 2. The molecule has 1 aromatic heterocycles. The molecule has 0 spiro atoms. The molecular formula is C20H16N2O3. The lowest BCUT2D eigenvalue weighted by Crippen LogP contribution is -2.27. The summed E-state index contributed by atoms with van der Waals surface area (Å²) in [5, 5.41) is 11.4. The van der Waals surface area contributed by atoms with Crippen molar-refractivity contribution in [2.24, 2.45) is 0 Å². The highest BCUT2D eigenvalue weighted by Crippen LogP contribution is 2.18. The average molecular weight is 332 g/mol. The number of hydrogen-bond acceptors (Lipinski definition) is 2. The first-order chi connectivity index (χ1) is 12.1. The van der Waals surface area contributed by atoms with Crippen molar-refractivity contribution in [3.63, 3.8) is 0 Å². The number of hydrogen-bond donors (Lipinski definition) is 1. The van der Waals surface area contributed by atoms with Crippen LogP contribution in [0.15, 0.2) is 71.5 Å². The molecule has 0 amide bonds. The lowest BCUT2D eigenvalue weighted by molar-refractivity contribution is -0.137. The number of carboxylic acids is 1. The van der Waals surface area contributed by atoms with Crippen molar-refractivity contribution in [3.8, 4) is 0 Å². The molecule has 0 saturated heterocycles. The molecule has 25 heavy (non-hydrogen) atoms. The fourth-order valence-electron chi connectivity index (χ4n) is 3.23. The summed E-state index contributed by atoms with van der Waals surface area (Å²) in [4.78, 5) is 23.9. The minimum absolute atomic E-state index is 0.309. The van der Waals surface area contributed by atoms with Crippen LogP contribution in [0.1, 0.15) is 5.56 Å². The summed E-state index contributed by atoms with van der Waals surface area (Å²) >= 11 is 0. The first-order valence-corrected chi connectivity index (χ1v) is 8.01. The van der Waals surface area contributed by atoms with Crippen LogP contribution in [0.4, 0.5) is 0 Å². The van der Waals surface area contributed by atoms with Gasteiger partial charge < -0.3 is 5.11 Å². The van der Waals surface area contributed by atoms with E-state index in [1.54, 1.807) is 16.7 Å². The zero-order valence-electron chi connectivity index (χ0n) is 13.4. The summed E-state index contributed by atoms with van der Waals surface area (Å²) in [5.74, 6) is -1.03. The van der Waals surface area contributed by atoms with Gasteiger partial charge in [0.15, 0.2) is 0 Å². The van der Waals surface area contributed by atoms with E-state index in [0.29, 0.717) is 12.1 Å². The summed E-state index contributed by atoms with van der Waals surface area (Å²) in [7, 11) is 0. The number of imidazole rings is 1. The molecule has 0 fully saturated rings. The van der Waals surface area contributed by atoms with Gasteiger partial charge in [0.05, 0.1) is 17.6 Å². The fourth-order valence-corrected chi connectivity index (χ4v) is 3.23. The molecule has 1 N–H and O–H groups in total. The van der Waals surface area contributed by atoms with Crippen molar-refractivity contribution in [2.75, 3.05) is 0 Å². The second-order valence-corrected chi connectivity index (χ2v) is 6.02. The molecule has 124 valence electrons. The standard InChI is InChI=1S/C20H16N2O3/c23-19(24)13-22-18-8-4-3-7-17(18)21(20(22)25)12-14-9-10-15-5-1-2-6-16(15)11-14/h1-11H,12-13H2,(H,23,24). The maximum absolute atomic E-state index is 12.8. The van der Waals surface area contributed by atoms with E-state index in [9.17, 15) is 9.59 Å². The van der Waals surface area contributed by atoms with E-state index in [0.717, 1.165) is 21.9 Å². The number of aliphatic carboxylic acids is 1. The Bertz CT molecular complexity index is 1150. The van der Waals surface area contributed by atoms with Gasteiger partial charge in [-0.2, -0.15) is 0 Å². The molecule has 0 bridgehead atoms. The third kappa shape index (κ3) is 2.70. The normalized spacial score (nSPS) is 11.2. The van der Waals surface area contributed by atoms with Crippen molar-refractivity contribution in [1.29, 1.82) is 0 Å². The zero-order valence-corrected chi connectivity index (χ0v) is 13.4. The Labute approximate surface area is 143 Å². The van der Waals surface area contributed by atoms with Crippen molar-refractivity contribution < 1.29 is 9.90 Å². The van der Waals surface area contributed by atoms with Crippen LogP contribution in [0.3, 0.4) is 0 Å². The summed E-state index contributed by atoms with van der Waals surface area (Å²) in [6.07, 6.45) is 0. The van der Waals surface area contributed by atoms with Crippen molar-refractivity contribution in [1.82, 2.24) is 9.13 Å². The monoisotopic (exact) mass is 332 g/mol. The Morgan fingerprint density at radius 2 is 1.48 bits per heavy atom. The molecule has 0 atom stereocenters. The Hall–Kier alpha value is -3.34. The summed E-state index contributed by atoms with van der Waals surface area (Å²) in [5.41, 5.74) is 2.06. The van der Waals surface area contributed by atoms with Crippen molar-refractivity contribution in [3.05, 3.63) is 82.8 Å². The molecule has 0 unspecified atom stereocenters. The predicted octanol–water partition coefficient (Wildman–Crippen LogP) is 3.09. The third-order valence-corrected chi connectivity index (χ3v) is 4.37. The van der Waals surface area contributed by atoms with Crippen molar-refractivity contribution in [2.45, 2.75) is 13.1 Å². The first-order valence-electron chi connectivity index (χ1n) is 8.01. The van der Waals surface area contributed by atoms with Gasteiger partial charge in [0.1, 0.15) is 6.54 Å². The van der Waals surface area contributed by atoms with Crippen LogP contribution in [0.2, 0.25) is 0 Å². The van der Waals surface area contributed by atoms with E-state index in [1.807, 2.05) is 48.5 Å². The van der Waals surface area contributed by atoms with Crippen LogP contribution in [0, 0.1) is 0 Å². The third-order valence-electron chi connectivity index (χ3n) is 4.37. The van der Waals surface area contributed by atoms with Crippen LogP contribution in [0.5, 0.6) is 0 Å². The molecule has 0 aliphatic carbocycles. The number of rotatable bonds is 4. The Balaban J connectivity index is 1.84. The van der Waals surface area contributed by atoms with Gasteiger partial charge in [-0.05, 0) is 34.5 Å². The second kappa shape index (κ2) is 5.94. The summed E-state index contributed by atoms with van der Waals surface area (Å²) in [6, 6.07) is 21.4. The molecule has 1 heterocycles. The fraction of sp³-hybridized carbons (Fsp3) is 0.100. The van der Waals surface area contributed by atoms with Crippen LogP contribution >= 0.6 is 0 Å². The van der Waals surface area contributed by atoms with Crippen LogP contribution < -0.4 is 5.69 Å². The number of para-hydroxylation sites is 2. The molecule has 4 aromatic rings. The number of nitrogens with zero attached hydrogens (tertiary/aromatic N) is 2. The molecule has 5 nitrogen and oxygen atoms in total. The highest BCUT2D eigenvalue weighted by atomic mass is 16.4. The second-order valence-electron chi connectivity index (χ2n) is 6.02. The SMILES string of the molecule is O=C(O)Cn1c(=O)n(Cc2ccc3ccccc3c2)c2ccccc21. The van der Waals surface area contributed by atoms with Gasteiger partial charge in [-0.15, -0.1) is 0 Å². The van der Waals surface area contributed by atoms with Gasteiger partial charge in [0, 0.05) is 0 Å². The lowest BCUT2D eigenvalue weighted by Gasteiger charge is -2.05. The van der Waals surface area contributed by atoms with Crippen molar-refractivity contribution >= 4 is 27.8 Å². The van der Waals surface area contributed by atoms with Gasteiger partial charge in [-0.25, -0.2) is 4.79 Å². The predicted molar refractivity (Wildman–Crippen MR) is 96.9 cm³/mol. The van der Waals surface area contributed by atoms with Gasteiger partial charge in [0.2, 0.25) is 0 Å². The zero-order chi connectivity index (χ0) is 17.4. The number of carboxylic acid groups (broad SMARTS) is 1. The lowest BCUT2D eigenvalue weighted by atomic mass is 10.1. The molecule has 0 radical (unpaired) electrons. The maximum atomic E-state index is 12.8. The molecule has 4 rings (SSSR count). The van der Waals surface area contributed by atoms with Gasteiger partial charge in [-0.1, -0.05) is 48.5 Å². The largest absolute Gasteiger partial charge is 0.480 e. The number of fused-ring (bicyclic) bond motifs is 2. The topological polar surface area (TPSA) is 64.2 Å². The van der Waals surface area contributed by atoms with Crippen LogP contribution in [0.25, 0.3) is 21.8 Å². The van der Waals surface area contributed by atoms with Crippen LogP contribution in [-0.2, 0) is 17.9 Å². The minimum Gasteiger partial charge on any atom is -0.480 e. The first kappa shape index (κ1) is 15.2. The molecule has 0 aliphatic heterocycles.